The molecule has 0 aromatic heterocycles. The third-order valence-electron chi connectivity index (χ3n) is 5.52. The number of hydrogen-bond donors (Lipinski definition) is 0. The van der Waals surface area contributed by atoms with E-state index in [0.717, 1.165) is 0 Å². The van der Waals surface area contributed by atoms with Gasteiger partial charge in [-0.05, 0) is 63.6 Å². The summed E-state index contributed by atoms with van der Waals surface area (Å²) in [5, 5.41) is 4.53. The van der Waals surface area contributed by atoms with Crippen LogP contribution in [-0.2, 0) is 0 Å². The molecule has 0 saturated heterocycles. The predicted octanol–water partition coefficient (Wildman–Crippen LogP) is 6.10. The lowest BCUT2D eigenvalue weighted by Gasteiger charge is -2.28. The summed E-state index contributed by atoms with van der Waals surface area (Å²) in [5.74, 6) is 0. The fourth-order valence-electron chi connectivity index (χ4n) is 3.83. The van der Waals surface area contributed by atoms with E-state index in [-0.39, 0.29) is 0 Å². The quantitative estimate of drug-likeness (QED) is 0.346. The molecular formula is C26H32P+. The average molecular weight is 376 g/mol. The molecule has 0 radical (unpaired) electrons. The van der Waals surface area contributed by atoms with Gasteiger partial charge in [0.05, 0.1) is 6.16 Å². The Morgan fingerprint density at radius 3 is 1.15 bits per heavy atom. The zero-order valence-electron chi connectivity index (χ0n) is 17.2. The van der Waals surface area contributed by atoms with Gasteiger partial charge in [0.25, 0.3) is 0 Å². The third kappa shape index (κ3) is 4.33. The molecule has 0 unspecified atom stereocenters. The van der Waals surface area contributed by atoms with Gasteiger partial charge in [-0.1, -0.05) is 72.9 Å². The summed E-state index contributed by atoms with van der Waals surface area (Å²) in [6.07, 6.45) is 5.08. The van der Waals surface area contributed by atoms with Crippen molar-refractivity contribution in [2.45, 2.75) is 47.0 Å². The van der Waals surface area contributed by atoms with Crippen LogP contribution < -0.4 is 15.9 Å². The molecule has 140 valence electrons. The Balaban J connectivity index is 2.23. The second kappa shape index (κ2) is 8.85. The Hall–Kier alpha value is -1.91. The molecule has 3 aromatic rings. The van der Waals surface area contributed by atoms with Crippen LogP contribution in [0.3, 0.4) is 0 Å². The van der Waals surface area contributed by atoms with E-state index in [9.17, 15) is 0 Å². The molecule has 0 amide bonds. The molecule has 0 aliphatic rings. The van der Waals surface area contributed by atoms with E-state index in [1.54, 1.807) is 0 Å². The van der Waals surface area contributed by atoms with Crippen molar-refractivity contribution in [3.63, 3.8) is 0 Å². The fraction of sp³-hybridized carbons (Fsp3) is 0.308. The maximum absolute atomic E-state index is 2.38. The Morgan fingerprint density at radius 2 is 0.852 bits per heavy atom. The first-order chi connectivity index (χ1) is 13.1. The van der Waals surface area contributed by atoms with E-state index in [1.807, 2.05) is 0 Å². The number of hydrogen-bond acceptors (Lipinski definition) is 0. The minimum atomic E-state index is -1.64. The Bertz CT molecular complexity index is 731. The highest BCUT2D eigenvalue weighted by Crippen LogP contribution is 2.56. The van der Waals surface area contributed by atoms with Crippen molar-refractivity contribution in [3.8, 4) is 0 Å². The molecule has 0 spiro atoms. The predicted molar refractivity (Wildman–Crippen MR) is 124 cm³/mol. The monoisotopic (exact) mass is 375 g/mol. The molecule has 0 aliphatic carbocycles. The van der Waals surface area contributed by atoms with Crippen LogP contribution in [0.5, 0.6) is 0 Å². The van der Waals surface area contributed by atoms with Gasteiger partial charge in [0.1, 0.15) is 23.2 Å². The molecule has 0 heterocycles. The van der Waals surface area contributed by atoms with E-state index < -0.39 is 7.26 Å². The van der Waals surface area contributed by atoms with Crippen LogP contribution in [0.25, 0.3) is 0 Å². The summed E-state index contributed by atoms with van der Waals surface area (Å²) < 4.78 is 0. The molecule has 0 nitrogen and oxygen atoms in total. The van der Waals surface area contributed by atoms with Crippen LogP contribution in [0.15, 0.2) is 72.8 Å². The standard InChI is InChI=1S/C26H32P/c1-5-6-7-20-27(24-14-8-21(2)9-15-24,25-16-10-22(3)11-17-25)26-18-12-23(4)13-19-26/h8-19H,5-7,20H2,1-4H3/q+1. The summed E-state index contributed by atoms with van der Waals surface area (Å²) in [4.78, 5) is 0. The molecule has 0 bridgehead atoms. The van der Waals surface area contributed by atoms with Crippen molar-refractivity contribution < 1.29 is 0 Å². The zero-order valence-corrected chi connectivity index (χ0v) is 18.1. The second-order valence-electron chi connectivity index (χ2n) is 7.75. The minimum Gasteiger partial charge on any atom is -0.0654 e. The van der Waals surface area contributed by atoms with Gasteiger partial charge in [-0.2, -0.15) is 0 Å². The van der Waals surface area contributed by atoms with Crippen molar-refractivity contribution in [3.05, 3.63) is 89.5 Å². The van der Waals surface area contributed by atoms with Gasteiger partial charge in [0.15, 0.2) is 0 Å². The van der Waals surface area contributed by atoms with Gasteiger partial charge in [0, 0.05) is 0 Å². The van der Waals surface area contributed by atoms with Crippen LogP contribution in [0.4, 0.5) is 0 Å². The van der Waals surface area contributed by atoms with Gasteiger partial charge < -0.3 is 0 Å². The summed E-state index contributed by atoms with van der Waals surface area (Å²) in [7, 11) is -1.64. The van der Waals surface area contributed by atoms with Gasteiger partial charge in [-0.25, -0.2) is 0 Å². The molecule has 27 heavy (non-hydrogen) atoms. The highest BCUT2D eigenvalue weighted by Gasteiger charge is 2.44. The van der Waals surface area contributed by atoms with Crippen molar-refractivity contribution in [2.24, 2.45) is 0 Å². The normalized spacial score (nSPS) is 11.6. The Kier molecular flexibility index (Phi) is 6.51. The van der Waals surface area contributed by atoms with E-state index in [1.165, 1.54) is 58.0 Å². The number of unbranched alkanes of at least 4 members (excludes halogenated alkanes) is 2. The highest BCUT2D eigenvalue weighted by molar-refractivity contribution is 7.95. The topological polar surface area (TPSA) is 0 Å². The fourth-order valence-corrected chi connectivity index (χ4v) is 8.17. The van der Waals surface area contributed by atoms with Crippen LogP contribution >= 0.6 is 7.26 Å². The third-order valence-corrected chi connectivity index (χ3v) is 10.0. The van der Waals surface area contributed by atoms with Crippen LogP contribution in [0.2, 0.25) is 0 Å². The molecular weight excluding hydrogens is 343 g/mol. The number of benzene rings is 3. The summed E-state index contributed by atoms with van der Waals surface area (Å²) >= 11 is 0. The van der Waals surface area contributed by atoms with E-state index in [0.29, 0.717) is 0 Å². The molecule has 0 fully saturated rings. The maximum atomic E-state index is 2.38. The molecule has 0 atom stereocenters. The first-order valence-corrected chi connectivity index (χ1v) is 12.1. The Morgan fingerprint density at radius 1 is 0.519 bits per heavy atom. The Labute approximate surface area is 166 Å². The zero-order chi connectivity index (χ0) is 19.3. The average Bonchev–Trinajstić information content (AvgIpc) is 2.68. The van der Waals surface area contributed by atoms with E-state index >= 15 is 0 Å². The van der Waals surface area contributed by atoms with Crippen molar-refractivity contribution >= 4 is 23.2 Å². The van der Waals surface area contributed by atoms with Crippen molar-refractivity contribution in [2.75, 3.05) is 6.16 Å². The number of rotatable bonds is 7. The number of aryl methyl sites for hydroxylation is 3. The minimum absolute atomic E-state index is 1.25. The van der Waals surface area contributed by atoms with Gasteiger partial charge in [-0.15, -0.1) is 0 Å². The van der Waals surface area contributed by atoms with Crippen molar-refractivity contribution in [1.82, 2.24) is 0 Å². The van der Waals surface area contributed by atoms with Crippen LogP contribution in [0, 0.1) is 20.8 Å². The first-order valence-electron chi connectivity index (χ1n) is 10.2. The lowest BCUT2D eigenvalue weighted by Crippen LogP contribution is -2.33. The maximum Gasteiger partial charge on any atom is 0.112 e. The highest BCUT2D eigenvalue weighted by atomic mass is 31.2. The molecule has 1 heteroatoms. The molecule has 3 aromatic carbocycles. The molecule has 0 N–H and O–H groups in total. The van der Waals surface area contributed by atoms with Gasteiger partial charge >= 0.3 is 0 Å². The van der Waals surface area contributed by atoms with Gasteiger partial charge in [-0.3, -0.25) is 0 Å². The smallest absolute Gasteiger partial charge is 0.0654 e. The van der Waals surface area contributed by atoms with Crippen molar-refractivity contribution in [1.29, 1.82) is 0 Å². The van der Waals surface area contributed by atoms with E-state index in [2.05, 4.69) is 100 Å². The lowest BCUT2D eigenvalue weighted by molar-refractivity contribution is 0.776. The lowest BCUT2D eigenvalue weighted by atomic mass is 10.2. The summed E-state index contributed by atoms with van der Waals surface area (Å²) in [6.45, 7) is 8.83. The molecule has 3 rings (SSSR count). The first kappa shape index (κ1) is 19.8. The SMILES string of the molecule is CCCCC[P+](c1ccc(C)cc1)(c1ccc(C)cc1)c1ccc(C)cc1. The van der Waals surface area contributed by atoms with Crippen LogP contribution in [0.1, 0.15) is 42.9 Å². The molecule has 0 aliphatic heterocycles. The van der Waals surface area contributed by atoms with Gasteiger partial charge in [0.2, 0.25) is 0 Å². The summed E-state index contributed by atoms with van der Waals surface area (Å²) in [5.41, 5.74) is 4.00. The van der Waals surface area contributed by atoms with E-state index in [4.69, 9.17) is 0 Å². The van der Waals surface area contributed by atoms with Crippen LogP contribution in [-0.4, -0.2) is 6.16 Å². The molecule has 0 saturated carbocycles. The second-order valence-corrected chi connectivity index (χ2v) is 11.4. The summed E-state index contributed by atoms with van der Waals surface area (Å²) in [6, 6.07) is 28.0. The largest absolute Gasteiger partial charge is 0.112 e.